The van der Waals surface area contributed by atoms with Crippen LogP contribution in [0.15, 0.2) is 247 Å². The summed E-state index contributed by atoms with van der Waals surface area (Å²) in [7, 11) is 0. The third-order valence-electron chi connectivity index (χ3n) is 15.0. The first-order valence-corrected chi connectivity index (χ1v) is 24.2. The number of hydrogen-bond acceptors (Lipinski definition) is 3. The van der Waals surface area contributed by atoms with Crippen LogP contribution >= 0.6 is 0 Å². The fourth-order valence-corrected chi connectivity index (χ4v) is 11.6. The largest absolute Gasteiger partial charge is 0.456 e. The molecule has 14 rings (SSSR count). The van der Waals surface area contributed by atoms with Crippen molar-refractivity contribution in [3.8, 4) is 22.3 Å². The fraction of sp³-hybridized carbons (Fsp3) is 0.0448. The lowest BCUT2D eigenvalue weighted by Gasteiger charge is -2.30. The first kappa shape index (κ1) is 40.2. The lowest BCUT2D eigenvalue weighted by Crippen LogP contribution is -2.17. The average Bonchev–Trinajstić information content (AvgIpc) is 3.90. The molecule has 12 aromatic carbocycles. The molecule has 0 spiro atoms. The summed E-state index contributed by atoms with van der Waals surface area (Å²) in [6, 6.07) is 88.9. The summed E-state index contributed by atoms with van der Waals surface area (Å²) in [4.78, 5) is 4.86. The number of nitrogens with zero attached hydrogens (tertiary/aromatic N) is 2. The minimum atomic E-state index is -0.290. The second-order valence-electron chi connectivity index (χ2n) is 19.3. The smallest absolute Gasteiger partial charge is 0.135 e. The molecule has 1 heterocycles. The average molecular weight is 895 g/mol. The van der Waals surface area contributed by atoms with Crippen LogP contribution in [0, 0.1) is 0 Å². The quantitative estimate of drug-likeness (QED) is 0.149. The van der Waals surface area contributed by atoms with E-state index in [-0.39, 0.29) is 5.41 Å². The van der Waals surface area contributed by atoms with Gasteiger partial charge in [-0.25, -0.2) is 0 Å². The highest BCUT2D eigenvalue weighted by molar-refractivity contribution is 6.26. The Hall–Kier alpha value is -8.92. The number of furan rings is 1. The van der Waals surface area contributed by atoms with Crippen LogP contribution in [0.25, 0.3) is 87.3 Å². The van der Waals surface area contributed by atoms with Crippen LogP contribution in [0.1, 0.15) is 25.0 Å². The van der Waals surface area contributed by atoms with Crippen LogP contribution in [-0.2, 0) is 5.41 Å². The first-order chi connectivity index (χ1) is 34.5. The third-order valence-corrected chi connectivity index (χ3v) is 15.0. The van der Waals surface area contributed by atoms with E-state index in [1.807, 2.05) is 12.1 Å². The van der Waals surface area contributed by atoms with Crippen LogP contribution in [-0.4, -0.2) is 0 Å². The van der Waals surface area contributed by atoms with Gasteiger partial charge in [-0.3, -0.25) is 0 Å². The molecule has 0 aliphatic heterocycles. The Labute approximate surface area is 406 Å². The number of hydrogen-bond donors (Lipinski definition) is 0. The van der Waals surface area contributed by atoms with Crippen LogP contribution in [0.5, 0.6) is 0 Å². The van der Waals surface area contributed by atoms with Gasteiger partial charge in [-0.05, 0) is 156 Å². The maximum Gasteiger partial charge on any atom is 0.135 e. The van der Waals surface area contributed by atoms with Gasteiger partial charge in [-0.2, -0.15) is 0 Å². The zero-order chi connectivity index (χ0) is 46.5. The Morgan fingerprint density at radius 1 is 0.300 bits per heavy atom. The predicted molar refractivity (Wildman–Crippen MR) is 296 cm³/mol. The number of fused-ring (bicyclic) bond motifs is 13. The molecule has 0 radical (unpaired) electrons. The second kappa shape index (κ2) is 15.6. The van der Waals surface area contributed by atoms with Crippen molar-refractivity contribution in [2.24, 2.45) is 0 Å². The highest BCUT2D eigenvalue weighted by Gasteiger charge is 2.37. The fourth-order valence-electron chi connectivity index (χ4n) is 11.6. The first-order valence-electron chi connectivity index (χ1n) is 24.2. The highest BCUT2D eigenvalue weighted by Crippen LogP contribution is 2.53. The summed E-state index contributed by atoms with van der Waals surface area (Å²) in [5.41, 5.74) is 15.8. The summed E-state index contributed by atoms with van der Waals surface area (Å²) in [5, 5.41) is 12.3. The third kappa shape index (κ3) is 6.21. The zero-order valence-corrected chi connectivity index (χ0v) is 38.9. The Morgan fingerprint density at radius 2 is 0.786 bits per heavy atom. The minimum Gasteiger partial charge on any atom is -0.456 e. The van der Waals surface area contributed by atoms with Gasteiger partial charge in [0, 0.05) is 50.0 Å². The normalized spacial score (nSPS) is 12.8. The van der Waals surface area contributed by atoms with Gasteiger partial charge in [-0.1, -0.05) is 172 Å². The molecule has 1 aromatic heterocycles. The summed E-state index contributed by atoms with van der Waals surface area (Å²) in [5.74, 6) is 0. The van der Waals surface area contributed by atoms with Crippen molar-refractivity contribution in [3.05, 3.63) is 254 Å². The van der Waals surface area contributed by atoms with Crippen LogP contribution in [0.2, 0.25) is 0 Å². The van der Waals surface area contributed by atoms with E-state index in [0.29, 0.717) is 0 Å². The number of rotatable bonds is 7. The summed E-state index contributed by atoms with van der Waals surface area (Å²) in [6.45, 7) is 4.78. The molecule has 70 heavy (non-hydrogen) atoms. The van der Waals surface area contributed by atoms with E-state index < -0.39 is 0 Å². The number of anilines is 6. The van der Waals surface area contributed by atoms with Crippen molar-refractivity contribution in [3.63, 3.8) is 0 Å². The van der Waals surface area contributed by atoms with Crippen molar-refractivity contribution >= 4 is 99.2 Å². The van der Waals surface area contributed by atoms with Gasteiger partial charge in [-0.15, -0.1) is 0 Å². The van der Waals surface area contributed by atoms with E-state index in [2.05, 4.69) is 254 Å². The summed E-state index contributed by atoms with van der Waals surface area (Å²) in [6.07, 6.45) is 0. The van der Waals surface area contributed by atoms with Crippen LogP contribution in [0.4, 0.5) is 34.1 Å². The van der Waals surface area contributed by atoms with Crippen LogP contribution in [0.3, 0.4) is 0 Å². The highest BCUT2D eigenvalue weighted by atomic mass is 16.3. The number of para-hydroxylation sites is 2. The molecule has 0 bridgehead atoms. The second-order valence-corrected chi connectivity index (χ2v) is 19.3. The molecule has 13 aromatic rings. The molecule has 0 saturated carbocycles. The van der Waals surface area contributed by atoms with E-state index in [4.69, 9.17) is 4.42 Å². The van der Waals surface area contributed by atoms with E-state index in [9.17, 15) is 0 Å². The van der Waals surface area contributed by atoms with Crippen LogP contribution < -0.4 is 9.80 Å². The Bertz CT molecular complexity index is 4180. The molecule has 0 unspecified atom stereocenters. The molecule has 1 aliphatic rings. The van der Waals surface area contributed by atoms with Gasteiger partial charge in [0.2, 0.25) is 0 Å². The molecular weight excluding hydrogens is 849 g/mol. The summed E-state index contributed by atoms with van der Waals surface area (Å²) < 4.78 is 6.20. The lowest BCUT2D eigenvalue weighted by atomic mass is 9.82. The lowest BCUT2D eigenvalue weighted by molar-refractivity contribution is 0.660. The molecule has 0 N–H and O–H groups in total. The standard InChI is InChI=1S/C67H46N2O/c1-67(2)62-41-49(33-36-57(62)58-37-34-50(42-63(58)67)69(46-17-4-3-5-18-46)64-25-14-16-44-15-6-7-19-51(44)64)68(48-32-35-56-54-22-9-8-20-52(54)53-21-10-11-23-55(53)60(56)40-48)47-30-27-43(28-31-47)45-29-38-66-61(39-45)59-24-12-13-26-65(59)70-66/h3-42H,1-2H3. The van der Waals surface area contributed by atoms with Crippen molar-refractivity contribution in [2.75, 3.05) is 9.80 Å². The predicted octanol–water partition coefficient (Wildman–Crippen LogP) is 19.1. The molecule has 330 valence electrons. The minimum absolute atomic E-state index is 0.290. The van der Waals surface area contributed by atoms with Crippen molar-refractivity contribution in [2.45, 2.75) is 19.3 Å². The molecule has 0 amide bonds. The molecule has 3 nitrogen and oxygen atoms in total. The van der Waals surface area contributed by atoms with Gasteiger partial charge in [0.15, 0.2) is 0 Å². The van der Waals surface area contributed by atoms with Gasteiger partial charge < -0.3 is 14.2 Å². The van der Waals surface area contributed by atoms with E-state index in [1.165, 1.54) is 65.3 Å². The van der Waals surface area contributed by atoms with Gasteiger partial charge >= 0.3 is 0 Å². The molecule has 3 heteroatoms. The SMILES string of the molecule is CC1(C)c2cc(N(c3ccc(-c4ccc5oc6ccccc6c5c4)cc3)c3ccc4c5ccccc5c5ccccc5c4c3)ccc2-c2ccc(N(c3ccccc3)c3cccc4ccccc34)cc21. The molecule has 0 fully saturated rings. The maximum absolute atomic E-state index is 6.20. The molecule has 1 aliphatic carbocycles. The molecule has 0 saturated heterocycles. The monoisotopic (exact) mass is 894 g/mol. The summed E-state index contributed by atoms with van der Waals surface area (Å²) >= 11 is 0. The van der Waals surface area contributed by atoms with Gasteiger partial charge in [0.25, 0.3) is 0 Å². The van der Waals surface area contributed by atoms with Crippen molar-refractivity contribution in [1.82, 2.24) is 0 Å². The van der Waals surface area contributed by atoms with Crippen molar-refractivity contribution in [1.29, 1.82) is 0 Å². The van der Waals surface area contributed by atoms with Gasteiger partial charge in [0.1, 0.15) is 11.2 Å². The Kier molecular flexibility index (Phi) is 8.93. The topological polar surface area (TPSA) is 19.6 Å². The Balaban J connectivity index is 0.913. The molecule has 0 atom stereocenters. The molecular formula is C67H46N2O. The maximum atomic E-state index is 6.20. The van der Waals surface area contributed by atoms with E-state index in [0.717, 1.165) is 67.2 Å². The van der Waals surface area contributed by atoms with E-state index in [1.54, 1.807) is 0 Å². The van der Waals surface area contributed by atoms with Gasteiger partial charge in [0.05, 0.1) is 5.69 Å². The zero-order valence-electron chi connectivity index (χ0n) is 38.9. The number of benzene rings is 12. The Morgan fingerprint density at radius 3 is 1.49 bits per heavy atom. The van der Waals surface area contributed by atoms with E-state index >= 15 is 0 Å². The van der Waals surface area contributed by atoms with Crippen molar-refractivity contribution < 1.29 is 4.42 Å².